The maximum atomic E-state index is 13.3. The summed E-state index contributed by atoms with van der Waals surface area (Å²) in [4.78, 5) is 28.4. The Morgan fingerprint density at radius 1 is 1.07 bits per heavy atom. The summed E-state index contributed by atoms with van der Waals surface area (Å²) in [7, 11) is 1.64. The van der Waals surface area contributed by atoms with Gasteiger partial charge in [0.1, 0.15) is 5.75 Å². The quantitative estimate of drug-likeness (QED) is 0.794. The van der Waals surface area contributed by atoms with Crippen molar-refractivity contribution < 1.29 is 14.3 Å². The van der Waals surface area contributed by atoms with Gasteiger partial charge in [-0.3, -0.25) is 9.59 Å². The Kier molecular flexibility index (Phi) is 6.02. The number of hydrogen-bond acceptors (Lipinski definition) is 4. The largest absolute Gasteiger partial charge is 0.497 e. The third-order valence-corrected chi connectivity index (χ3v) is 5.22. The normalized spacial score (nSPS) is 14.3. The molecule has 2 aromatic rings. The van der Waals surface area contributed by atoms with Gasteiger partial charge >= 0.3 is 0 Å². The van der Waals surface area contributed by atoms with Crippen LogP contribution in [0.5, 0.6) is 5.75 Å². The second-order valence-electron chi connectivity index (χ2n) is 7.07. The van der Waals surface area contributed by atoms with Gasteiger partial charge in [0.25, 0.3) is 5.91 Å². The first-order valence-electron chi connectivity index (χ1n) is 9.74. The fraction of sp³-hybridized carbons (Fsp3) is 0.476. The molecule has 1 aromatic heterocycles. The van der Waals surface area contributed by atoms with Crippen LogP contribution >= 0.6 is 0 Å². The zero-order valence-electron chi connectivity index (χ0n) is 17.1. The third kappa shape index (κ3) is 3.88. The van der Waals surface area contributed by atoms with E-state index < -0.39 is 0 Å². The maximum absolute atomic E-state index is 13.3. The van der Waals surface area contributed by atoms with Gasteiger partial charge in [-0.25, -0.2) is 4.68 Å². The van der Waals surface area contributed by atoms with E-state index in [9.17, 15) is 9.59 Å². The van der Waals surface area contributed by atoms with Crippen LogP contribution in [-0.2, 0) is 11.2 Å². The smallest absolute Gasteiger partial charge is 0.257 e. The van der Waals surface area contributed by atoms with Crippen LogP contribution in [0.3, 0.4) is 0 Å². The van der Waals surface area contributed by atoms with E-state index in [4.69, 9.17) is 9.84 Å². The van der Waals surface area contributed by atoms with Crippen molar-refractivity contribution in [3.63, 3.8) is 0 Å². The summed E-state index contributed by atoms with van der Waals surface area (Å²) in [5, 5.41) is 4.75. The van der Waals surface area contributed by atoms with Crippen molar-refractivity contribution in [2.75, 3.05) is 33.3 Å². The molecule has 1 aliphatic heterocycles. The second-order valence-corrected chi connectivity index (χ2v) is 7.07. The fourth-order valence-corrected chi connectivity index (χ4v) is 3.61. The van der Waals surface area contributed by atoms with Gasteiger partial charge in [0.15, 0.2) is 0 Å². The van der Waals surface area contributed by atoms with Crippen LogP contribution in [-0.4, -0.2) is 64.7 Å². The summed E-state index contributed by atoms with van der Waals surface area (Å²) >= 11 is 0. The van der Waals surface area contributed by atoms with Gasteiger partial charge in [-0.15, -0.1) is 0 Å². The number of aromatic nitrogens is 2. The highest BCUT2D eigenvalue weighted by molar-refractivity contribution is 5.96. The Balaban J connectivity index is 1.90. The van der Waals surface area contributed by atoms with Gasteiger partial charge in [-0.2, -0.15) is 5.10 Å². The molecule has 0 unspecified atom stereocenters. The highest BCUT2D eigenvalue weighted by Gasteiger charge is 2.28. The highest BCUT2D eigenvalue weighted by atomic mass is 16.5. The van der Waals surface area contributed by atoms with Crippen molar-refractivity contribution in [1.29, 1.82) is 0 Å². The lowest BCUT2D eigenvalue weighted by atomic mass is 10.1. The molecule has 7 heteroatoms. The molecule has 0 aliphatic carbocycles. The van der Waals surface area contributed by atoms with Gasteiger partial charge in [-0.1, -0.05) is 13.3 Å². The summed E-state index contributed by atoms with van der Waals surface area (Å²) < 4.78 is 7.06. The molecule has 0 saturated carbocycles. The molecule has 150 valence electrons. The number of hydrogen-bond donors (Lipinski definition) is 0. The number of carbonyl (C=O) groups excluding carboxylic acids is 2. The monoisotopic (exact) mass is 384 g/mol. The Morgan fingerprint density at radius 3 is 2.21 bits per heavy atom. The van der Waals surface area contributed by atoms with Gasteiger partial charge in [0, 0.05) is 33.1 Å². The van der Waals surface area contributed by atoms with Crippen molar-refractivity contribution >= 4 is 11.8 Å². The van der Waals surface area contributed by atoms with Gasteiger partial charge in [0.2, 0.25) is 5.91 Å². The van der Waals surface area contributed by atoms with E-state index in [1.807, 2.05) is 40.8 Å². The van der Waals surface area contributed by atoms with Gasteiger partial charge in [0.05, 0.1) is 29.7 Å². The minimum atomic E-state index is 0.00362. The topological polar surface area (TPSA) is 67.7 Å². The SMILES string of the molecule is CCCc1nn(-c2ccc(OC)cc2)c(C)c1C(=O)N1CCN(C(C)=O)CC1. The van der Waals surface area contributed by atoms with Crippen LogP contribution in [0, 0.1) is 6.92 Å². The Hall–Kier alpha value is -2.83. The van der Waals surface area contributed by atoms with E-state index in [1.165, 1.54) is 0 Å². The number of ether oxygens (including phenoxy) is 1. The first-order valence-corrected chi connectivity index (χ1v) is 9.74. The van der Waals surface area contributed by atoms with Crippen LogP contribution in [0.1, 0.15) is 42.0 Å². The van der Waals surface area contributed by atoms with Crippen molar-refractivity contribution in [2.45, 2.75) is 33.6 Å². The molecule has 0 N–H and O–H groups in total. The molecule has 28 heavy (non-hydrogen) atoms. The molecule has 0 spiro atoms. The van der Waals surface area contributed by atoms with Gasteiger partial charge < -0.3 is 14.5 Å². The minimum absolute atomic E-state index is 0.00362. The summed E-state index contributed by atoms with van der Waals surface area (Å²) in [6.45, 7) is 7.86. The fourth-order valence-electron chi connectivity index (χ4n) is 3.61. The summed E-state index contributed by atoms with van der Waals surface area (Å²) in [5.41, 5.74) is 3.26. The minimum Gasteiger partial charge on any atom is -0.497 e. The average Bonchev–Trinajstić information content (AvgIpc) is 3.03. The molecule has 0 bridgehead atoms. The van der Waals surface area contributed by atoms with Crippen LogP contribution in [0.2, 0.25) is 0 Å². The molecule has 7 nitrogen and oxygen atoms in total. The average molecular weight is 384 g/mol. The lowest BCUT2D eigenvalue weighted by Crippen LogP contribution is -2.50. The summed E-state index contributed by atoms with van der Waals surface area (Å²) in [6, 6.07) is 7.65. The lowest BCUT2D eigenvalue weighted by Gasteiger charge is -2.34. The number of aryl methyl sites for hydroxylation is 1. The van der Waals surface area contributed by atoms with Crippen molar-refractivity contribution in [1.82, 2.24) is 19.6 Å². The molecule has 1 aromatic carbocycles. The van der Waals surface area contributed by atoms with Crippen molar-refractivity contribution in [2.24, 2.45) is 0 Å². The predicted octanol–water partition coefficient (Wildman–Crippen LogP) is 2.45. The Labute approximate surface area is 165 Å². The van der Waals surface area contributed by atoms with Gasteiger partial charge in [-0.05, 0) is 37.6 Å². The van der Waals surface area contributed by atoms with Crippen LogP contribution in [0.15, 0.2) is 24.3 Å². The van der Waals surface area contributed by atoms with Crippen LogP contribution < -0.4 is 4.74 Å². The number of amides is 2. The van der Waals surface area contributed by atoms with Crippen LogP contribution in [0.4, 0.5) is 0 Å². The highest BCUT2D eigenvalue weighted by Crippen LogP contribution is 2.23. The first-order chi connectivity index (χ1) is 13.5. The zero-order valence-corrected chi connectivity index (χ0v) is 17.1. The number of methoxy groups -OCH3 is 1. The summed E-state index contributed by atoms with van der Waals surface area (Å²) in [5.74, 6) is 0.841. The first kappa shape index (κ1) is 19.9. The Bertz CT molecular complexity index is 849. The molecule has 1 aliphatic rings. The second kappa shape index (κ2) is 8.46. The zero-order chi connectivity index (χ0) is 20.3. The van der Waals surface area contributed by atoms with E-state index in [0.29, 0.717) is 31.7 Å². The maximum Gasteiger partial charge on any atom is 0.257 e. The lowest BCUT2D eigenvalue weighted by molar-refractivity contribution is -0.130. The number of rotatable bonds is 5. The molecule has 0 atom stereocenters. The molecular formula is C21H28N4O3. The molecular weight excluding hydrogens is 356 g/mol. The van der Waals surface area contributed by atoms with Crippen LogP contribution in [0.25, 0.3) is 5.69 Å². The molecule has 2 heterocycles. The molecule has 1 saturated heterocycles. The van der Waals surface area contributed by atoms with E-state index in [1.54, 1.807) is 18.9 Å². The van der Waals surface area contributed by atoms with Crippen molar-refractivity contribution in [3.8, 4) is 11.4 Å². The molecule has 2 amide bonds. The van der Waals surface area contributed by atoms with E-state index in [-0.39, 0.29) is 11.8 Å². The predicted molar refractivity (Wildman–Crippen MR) is 107 cm³/mol. The number of benzene rings is 1. The number of nitrogens with zero attached hydrogens (tertiary/aromatic N) is 4. The number of carbonyl (C=O) groups is 2. The molecule has 1 fully saturated rings. The van der Waals surface area contributed by atoms with E-state index in [0.717, 1.165) is 35.7 Å². The molecule has 3 rings (SSSR count). The number of piperazine rings is 1. The van der Waals surface area contributed by atoms with E-state index >= 15 is 0 Å². The Morgan fingerprint density at radius 2 is 1.68 bits per heavy atom. The third-order valence-electron chi connectivity index (χ3n) is 5.22. The molecule has 0 radical (unpaired) electrons. The summed E-state index contributed by atoms with van der Waals surface area (Å²) in [6.07, 6.45) is 1.66. The standard InChI is InChI=1S/C21H28N4O3/c1-5-6-19-20(21(27)24-13-11-23(12-14-24)16(3)26)15(2)25(22-19)17-7-9-18(28-4)10-8-17/h7-10H,5-6,11-14H2,1-4H3. The van der Waals surface area contributed by atoms with E-state index in [2.05, 4.69) is 6.92 Å². The van der Waals surface area contributed by atoms with Crippen molar-refractivity contribution in [3.05, 3.63) is 41.2 Å².